The lowest BCUT2D eigenvalue weighted by molar-refractivity contribution is 0.546. The van der Waals surface area contributed by atoms with Gasteiger partial charge in [-0.3, -0.25) is 0 Å². The van der Waals surface area contributed by atoms with Crippen molar-refractivity contribution in [3.63, 3.8) is 0 Å². The number of nitrogens with zero attached hydrogens (tertiary/aromatic N) is 2. The van der Waals surface area contributed by atoms with Crippen LogP contribution in [-0.4, -0.2) is 16.3 Å². The summed E-state index contributed by atoms with van der Waals surface area (Å²) in [6.45, 7) is 8.28. The molecule has 1 aromatic heterocycles. The molecule has 0 radical (unpaired) electrons. The third kappa shape index (κ3) is 3.93. The molecule has 0 unspecified atom stereocenters. The van der Waals surface area contributed by atoms with Crippen molar-refractivity contribution in [1.29, 1.82) is 0 Å². The molecule has 1 N–H and O–H groups in total. The quantitative estimate of drug-likeness (QED) is 0.803. The third-order valence-electron chi connectivity index (χ3n) is 2.89. The molecule has 3 nitrogen and oxygen atoms in total. The SMILES string of the molecule is Cc1cc(Br)c(-n2ccc(CNCC(C)C)n2)c(Br)c1. The lowest BCUT2D eigenvalue weighted by Crippen LogP contribution is -2.19. The van der Waals surface area contributed by atoms with E-state index in [1.165, 1.54) is 5.56 Å². The molecule has 0 aliphatic carbocycles. The number of hydrogen-bond donors (Lipinski definition) is 1. The van der Waals surface area contributed by atoms with Gasteiger partial charge < -0.3 is 5.32 Å². The van der Waals surface area contributed by atoms with E-state index >= 15 is 0 Å². The van der Waals surface area contributed by atoms with Gasteiger partial charge in [0.15, 0.2) is 0 Å². The van der Waals surface area contributed by atoms with Crippen molar-refractivity contribution in [2.45, 2.75) is 27.3 Å². The van der Waals surface area contributed by atoms with Crippen LogP contribution < -0.4 is 5.32 Å². The number of aryl methyl sites for hydroxylation is 1. The molecule has 1 aromatic carbocycles. The van der Waals surface area contributed by atoms with Gasteiger partial charge in [0.1, 0.15) is 0 Å². The van der Waals surface area contributed by atoms with E-state index in [9.17, 15) is 0 Å². The van der Waals surface area contributed by atoms with E-state index in [1.54, 1.807) is 0 Å². The molecule has 5 heteroatoms. The van der Waals surface area contributed by atoms with Crippen LogP contribution in [0.15, 0.2) is 33.3 Å². The highest BCUT2D eigenvalue weighted by Gasteiger charge is 2.10. The fraction of sp³-hybridized carbons (Fsp3) is 0.400. The Balaban J connectivity index is 2.17. The summed E-state index contributed by atoms with van der Waals surface area (Å²) < 4.78 is 3.98. The maximum absolute atomic E-state index is 4.62. The molecule has 1 heterocycles. The lowest BCUT2D eigenvalue weighted by atomic mass is 10.2. The normalized spacial score (nSPS) is 11.3. The fourth-order valence-electron chi connectivity index (χ4n) is 1.98. The fourth-order valence-corrected chi connectivity index (χ4v) is 3.76. The predicted molar refractivity (Wildman–Crippen MR) is 90.2 cm³/mol. The summed E-state index contributed by atoms with van der Waals surface area (Å²) in [6, 6.07) is 6.24. The van der Waals surface area contributed by atoms with E-state index in [0.717, 1.165) is 33.4 Å². The van der Waals surface area contributed by atoms with Gasteiger partial charge in [0, 0.05) is 21.7 Å². The molecule has 0 amide bonds. The summed E-state index contributed by atoms with van der Waals surface area (Å²) in [5, 5.41) is 8.03. The summed E-state index contributed by atoms with van der Waals surface area (Å²) >= 11 is 7.22. The topological polar surface area (TPSA) is 29.9 Å². The molecule has 0 aliphatic heterocycles. The van der Waals surface area contributed by atoms with Crippen LogP contribution in [0.1, 0.15) is 25.1 Å². The molecular formula is C15H19Br2N3. The zero-order chi connectivity index (χ0) is 14.7. The minimum Gasteiger partial charge on any atom is -0.311 e. The zero-order valence-electron chi connectivity index (χ0n) is 12.0. The van der Waals surface area contributed by atoms with E-state index in [4.69, 9.17) is 0 Å². The monoisotopic (exact) mass is 399 g/mol. The number of hydrogen-bond acceptors (Lipinski definition) is 2. The minimum absolute atomic E-state index is 0.650. The van der Waals surface area contributed by atoms with Gasteiger partial charge in [-0.25, -0.2) is 4.68 Å². The summed E-state index contributed by atoms with van der Waals surface area (Å²) in [5.41, 5.74) is 3.29. The molecule has 2 rings (SSSR count). The van der Waals surface area contributed by atoms with Crippen LogP contribution in [0.2, 0.25) is 0 Å². The van der Waals surface area contributed by atoms with Crippen LogP contribution in [-0.2, 0) is 6.54 Å². The molecule has 20 heavy (non-hydrogen) atoms. The molecule has 2 aromatic rings. The van der Waals surface area contributed by atoms with E-state index in [2.05, 4.69) is 75.2 Å². The molecular weight excluding hydrogens is 382 g/mol. The molecule has 0 atom stereocenters. The smallest absolute Gasteiger partial charge is 0.0929 e. The first-order chi connectivity index (χ1) is 9.47. The number of benzene rings is 1. The van der Waals surface area contributed by atoms with Crippen LogP contribution in [0.4, 0.5) is 0 Å². The van der Waals surface area contributed by atoms with Crippen molar-refractivity contribution in [2.24, 2.45) is 5.92 Å². The van der Waals surface area contributed by atoms with Crippen LogP contribution >= 0.6 is 31.9 Å². The predicted octanol–water partition coefficient (Wildman–Crippen LogP) is 4.45. The first-order valence-electron chi connectivity index (χ1n) is 6.68. The number of aromatic nitrogens is 2. The molecule has 0 spiro atoms. The largest absolute Gasteiger partial charge is 0.311 e. The van der Waals surface area contributed by atoms with Gasteiger partial charge in [-0.1, -0.05) is 13.8 Å². The van der Waals surface area contributed by atoms with Crippen LogP contribution in [0.25, 0.3) is 5.69 Å². The first-order valence-corrected chi connectivity index (χ1v) is 8.27. The molecule has 0 saturated heterocycles. The maximum atomic E-state index is 4.62. The summed E-state index contributed by atoms with van der Waals surface area (Å²) in [7, 11) is 0. The van der Waals surface area contributed by atoms with Crippen LogP contribution in [0.3, 0.4) is 0 Å². The van der Waals surface area contributed by atoms with Crippen molar-refractivity contribution in [2.75, 3.05) is 6.54 Å². The standard InChI is InChI=1S/C15H19Br2N3/c1-10(2)8-18-9-12-4-5-20(19-12)15-13(16)6-11(3)7-14(15)17/h4-7,10,18H,8-9H2,1-3H3. The summed E-state index contributed by atoms with van der Waals surface area (Å²) in [4.78, 5) is 0. The highest BCUT2D eigenvalue weighted by molar-refractivity contribution is 9.11. The highest BCUT2D eigenvalue weighted by atomic mass is 79.9. The Morgan fingerprint density at radius 1 is 1.25 bits per heavy atom. The van der Waals surface area contributed by atoms with Crippen molar-refractivity contribution in [3.8, 4) is 5.69 Å². The summed E-state index contributed by atoms with van der Waals surface area (Å²) in [5.74, 6) is 0.650. The van der Waals surface area contributed by atoms with Crippen molar-refractivity contribution < 1.29 is 0 Å². The Labute approximate surface area is 137 Å². The van der Waals surface area contributed by atoms with Gasteiger partial charge in [0.05, 0.1) is 11.4 Å². The Morgan fingerprint density at radius 3 is 2.50 bits per heavy atom. The number of nitrogens with one attached hydrogen (secondary N) is 1. The van der Waals surface area contributed by atoms with E-state index < -0.39 is 0 Å². The average molecular weight is 401 g/mol. The Morgan fingerprint density at radius 2 is 1.90 bits per heavy atom. The molecule has 0 bridgehead atoms. The Bertz CT molecular complexity index is 568. The first kappa shape index (κ1) is 15.7. The second kappa shape index (κ2) is 6.87. The Kier molecular flexibility index (Phi) is 5.41. The van der Waals surface area contributed by atoms with Gasteiger partial charge in [-0.05, 0) is 75.0 Å². The second-order valence-corrected chi connectivity index (χ2v) is 7.06. The number of halogens is 2. The minimum atomic E-state index is 0.650. The molecule has 0 fully saturated rings. The van der Waals surface area contributed by atoms with Crippen molar-refractivity contribution >= 4 is 31.9 Å². The van der Waals surface area contributed by atoms with Gasteiger partial charge in [0.25, 0.3) is 0 Å². The van der Waals surface area contributed by atoms with Gasteiger partial charge in [0.2, 0.25) is 0 Å². The van der Waals surface area contributed by atoms with Crippen LogP contribution in [0, 0.1) is 12.8 Å². The zero-order valence-corrected chi connectivity index (χ0v) is 15.1. The van der Waals surface area contributed by atoms with E-state index in [-0.39, 0.29) is 0 Å². The third-order valence-corrected chi connectivity index (χ3v) is 4.10. The number of rotatable bonds is 5. The van der Waals surface area contributed by atoms with Crippen molar-refractivity contribution in [3.05, 3.63) is 44.6 Å². The van der Waals surface area contributed by atoms with E-state index in [1.807, 2.05) is 16.9 Å². The summed E-state index contributed by atoms with van der Waals surface area (Å²) in [6.07, 6.45) is 1.99. The lowest BCUT2D eigenvalue weighted by Gasteiger charge is -2.09. The Hall–Kier alpha value is -0.650. The van der Waals surface area contributed by atoms with Crippen molar-refractivity contribution in [1.82, 2.24) is 15.1 Å². The highest BCUT2D eigenvalue weighted by Crippen LogP contribution is 2.30. The van der Waals surface area contributed by atoms with E-state index in [0.29, 0.717) is 5.92 Å². The molecule has 108 valence electrons. The van der Waals surface area contributed by atoms with Gasteiger partial charge in [-0.15, -0.1) is 0 Å². The maximum Gasteiger partial charge on any atom is 0.0929 e. The average Bonchev–Trinajstić information content (AvgIpc) is 2.75. The van der Waals surface area contributed by atoms with Gasteiger partial charge >= 0.3 is 0 Å². The molecule has 0 aliphatic rings. The van der Waals surface area contributed by atoms with Gasteiger partial charge in [-0.2, -0.15) is 5.10 Å². The second-order valence-electron chi connectivity index (χ2n) is 5.35. The van der Waals surface area contributed by atoms with Crippen LogP contribution in [0.5, 0.6) is 0 Å². The molecule has 0 saturated carbocycles.